The molecule has 0 amide bonds. The highest BCUT2D eigenvalue weighted by molar-refractivity contribution is 7.15. The normalized spacial score (nSPS) is 19.5. The maximum absolute atomic E-state index is 4.99. The van der Waals surface area contributed by atoms with Crippen LogP contribution in [-0.4, -0.2) is 24.6 Å². The fraction of sp³-hybridized carbons (Fsp3) is 0.824. The van der Waals surface area contributed by atoms with E-state index in [0.29, 0.717) is 5.92 Å². The van der Waals surface area contributed by atoms with E-state index < -0.39 is 0 Å². The summed E-state index contributed by atoms with van der Waals surface area (Å²) in [7, 11) is 0. The molecule has 1 unspecified atom stereocenters. The van der Waals surface area contributed by atoms with Gasteiger partial charge in [0, 0.05) is 24.5 Å². The summed E-state index contributed by atoms with van der Waals surface area (Å²) < 4.78 is 0. The Morgan fingerprint density at radius 1 is 1.38 bits per heavy atom. The monoisotopic (exact) mass is 309 g/mol. The second-order valence-corrected chi connectivity index (χ2v) is 7.56. The summed E-state index contributed by atoms with van der Waals surface area (Å²) in [5, 5.41) is 4.79. The number of hydrogen-bond acceptors (Lipinski definition) is 4. The van der Waals surface area contributed by atoms with Crippen molar-refractivity contribution in [3.05, 3.63) is 10.6 Å². The minimum Gasteiger partial charge on any atom is -0.348 e. The zero-order valence-electron chi connectivity index (χ0n) is 14.1. The number of rotatable bonds is 7. The Labute approximate surface area is 134 Å². The standard InChI is InChI=1S/C17H31N3S/c1-5-9-18-11-15-16(13(3)4)19-17(21-15)20-10-7-8-14(6-2)12-20/h13-14,18H,5-12H2,1-4H3. The molecule has 2 heterocycles. The quantitative estimate of drug-likeness (QED) is 0.757. The first-order valence-electron chi connectivity index (χ1n) is 8.60. The van der Waals surface area contributed by atoms with Crippen LogP contribution in [0.1, 0.15) is 69.9 Å². The molecule has 0 saturated carbocycles. The van der Waals surface area contributed by atoms with Crippen molar-refractivity contribution in [2.75, 3.05) is 24.5 Å². The molecular formula is C17H31N3S. The molecule has 0 aliphatic carbocycles. The third-order valence-corrected chi connectivity index (χ3v) is 5.47. The summed E-state index contributed by atoms with van der Waals surface area (Å²) in [5.74, 6) is 1.37. The molecule has 0 aromatic carbocycles. The van der Waals surface area contributed by atoms with Crippen LogP contribution in [0.25, 0.3) is 0 Å². The smallest absolute Gasteiger partial charge is 0.185 e. The van der Waals surface area contributed by atoms with E-state index in [-0.39, 0.29) is 0 Å². The van der Waals surface area contributed by atoms with Crippen molar-refractivity contribution in [2.45, 2.75) is 65.8 Å². The summed E-state index contributed by atoms with van der Waals surface area (Å²) in [6, 6.07) is 0. The van der Waals surface area contributed by atoms with Crippen molar-refractivity contribution in [3.63, 3.8) is 0 Å². The Kier molecular flexibility index (Phi) is 6.49. The topological polar surface area (TPSA) is 28.2 Å². The van der Waals surface area contributed by atoms with Crippen molar-refractivity contribution in [2.24, 2.45) is 5.92 Å². The second-order valence-electron chi connectivity index (χ2n) is 6.50. The molecule has 120 valence electrons. The van der Waals surface area contributed by atoms with Crippen LogP contribution in [0.2, 0.25) is 0 Å². The average molecular weight is 310 g/mol. The van der Waals surface area contributed by atoms with Gasteiger partial charge in [0.1, 0.15) is 0 Å². The Hall–Kier alpha value is -0.610. The van der Waals surface area contributed by atoms with Crippen molar-refractivity contribution in [1.29, 1.82) is 0 Å². The summed E-state index contributed by atoms with van der Waals surface area (Å²) in [5.41, 5.74) is 1.30. The molecule has 1 aliphatic rings. The number of nitrogens with zero attached hydrogens (tertiary/aromatic N) is 2. The molecule has 1 aromatic heterocycles. The predicted molar refractivity (Wildman–Crippen MR) is 93.4 cm³/mol. The summed E-state index contributed by atoms with van der Waals surface area (Å²) in [4.78, 5) is 8.95. The second kappa shape index (κ2) is 8.14. The number of aromatic nitrogens is 1. The van der Waals surface area contributed by atoms with Crippen molar-refractivity contribution in [3.8, 4) is 0 Å². The van der Waals surface area contributed by atoms with E-state index in [1.54, 1.807) is 0 Å². The van der Waals surface area contributed by atoms with Gasteiger partial charge in [-0.25, -0.2) is 4.98 Å². The largest absolute Gasteiger partial charge is 0.348 e. The molecule has 1 aliphatic heterocycles. The number of nitrogens with one attached hydrogen (secondary N) is 1. The van der Waals surface area contributed by atoms with Gasteiger partial charge in [-0.3, -0.25) is 0 Å². The minimum absolute atomic E-state index is 0.514. The number of thiazole rings is 1. The molecule has 1 fully saturated rings. The molecule has 4 heteroatoms. The van der Waals surface area contributed by atoms with Crippen LogP contribution in [0.15, 0.2) is 0 Å². The Morgan fingerprint density at radius 2 is 2.19 bits per heavy atom. The first-order chi connectivity index (χ1) is 10.2. The molecule has 1 atom stereocenters. The molecule has 1 saturated heterocycles. The molecule has 1 aromatic rings. The molecule has 2 rings (SSSR count). The molecule has 0 spiro atoms. The van der Waals surface area contributed by atoms with Gasteiger partial charge in [0.05, 0.1) is 5.69 Å². The van der Waals surface area contributed by atoms with E-state index in [0.717, 1.165) is 19.0 Å². The third kappa shape index (κ3) is 4.43. The van der Waals surface area contributed by atoms with Crippen LogP contribution in [0.3, 0.4) is 0 Å². The molecular weight excluding hydrogens is 278 g/mol. The summed E-state index contributed by atoms with van der Waals surface area (Å²) >= 11 is 1.91. The van der Waals surface area contributed by atoms with E-state index >= 15 is 0 Å². The van der Waals surface area contributed by atoms with Crippen LogP contribution >= 0.6 is 11.3 Å². The van der Waals surface area contributed by atoms with Gasteiger partial charge >= 0.3 is 0 Å². The Balaban J connectivity index is 2.10. The number of piperidine rings is 1. The Bertz CT molecular complexity index is 428. The fourth-order valence-electron chi connectivity index (χ4n) is 3.01. The lowest BCUT2D eigenvalue weighted by atomic mass is 9.96. The van der Waals surface area contributed by atoms with Gasteiger partial charge in [-0.2, -0.15) is 0 Å². The van der Waals surface area contributed by atoms with E-state index in [1.807, 2.05) is 11.3 Å². The van der Waals surface area contributed by atoms with E-state index in [4.69, 9.17) is 4.98 Å². The maximum atomic E-state index is 4.99. The van der Waals surface area contributed by atoms with E-state index in [1.165, 1.54) is 54.5 Å². The average Bonchev–Trinajstić information content (AvgIpc) is 2.92. The molecule has 3 nitrogen and oxygen atoms in total. The molecule has 1 N–H and O–H groups in total. The first-order valence-corrected chi connectivity index (χ1v) is 9.42. The maximum Gasteiger partial charge on any atom is 0.185 e. The Morgan fingerprint density at radius 3 is 2.86 bits per heavy atom. The van der Waals surface area contributed by atoms with Crippen molar-refractivity contribution < 1.29 is 0 Å². The summed E-state index contributed by atoms with van der Waals surface area (Å²) in [6.07, 6.45) is 5.19. The zero-order valence-corrected chi connectivity index (χ0v) is 14.9. The lowest BCUT2D eigenvalue weighted by Crippen LogP contribution is -2.35. The van der Waals surface area contributed by atoms with Gasteiger partial charge in [0.15, 0.2) is 5.13 Å². The van der Waals surface area contributed by atoms with E-state index in [2.05, 4.69) is 37.9 Å². The lowest BCUT2D eigenvalue weighted by molar-refractivity contribution is 0.404. The third-order valence-electron chi connectivity index (χ3n) is 4.34. The van der Waals surface area contributed by atoms with Gasteiger partial charge in [-0.05, 0) is 37.6 Å². The number of anilines is 1. The molecule has 0 bridgehead atoms. The zero-order chi connectivity index (χ0) is 15.2. The van der Waals surface area contributed by atoms with Gasteiger partial charge in [-0.1, -0.05) is 34.1 Å². The SMILES string of the molecule is CCCNCc1sc(N2CCCC(CC)C2)nc1C(C)C. The highest BCUT2D eigenvalue weighted by Gasteiger charge is 2.23. The van der Waals surface area contributed by atoms with Crippen LogP contribution in [-0.2, 0) is 6.54 Å². The lowest BCUT2D eigenvalue weighted by Gasteiger charge is -2.32. The predicted octanol–water partition coefficient (Wildman–Crippen LogP) is 4.39. The van der Waals surface area contributed by atoms with Gasteiger partial charge in [0.25, 0.3) is 0 Å². The highest BCUT2D eigenvalue weighted by atomic mass is 32.1. The van der Waals surface area contributed by atoms with Gasteiger partial charge < -0.3 is 10.2 Å². The number of hydrogen-bond donors (Lipinski definition) is 1. The van der Waals surface area contributed by atoms with E-state index in [9.17, 15) is 0 Å². The summed E-state index contributed by atoms with van der Waals surface area (Å²) in [6.45, 7) is 13.5. The van der Waals surface area contributed by atoms with Gasteiger partial charge in [-0.15, -0.1) is 11.3 Å². The van der Waals surface area contributed by atoms with Crippen LogP contribution in [0.4, 0.5) is 5.13 Å². The minimum atomic E-state index is 0.514. The van der Waals surface area contributed by atoms with Crippen molar-refractivity contribution >= 4 is 16.5 Å². The van der Waals surface area contributed by atoms with Crippen LogP contribution in [0, 0.1) is 5.92 Å². The molecule has 0 radical (unpaired) electrons. The van der Waals surface area contributed by atoms with Crippen molar-refractivity contribution in [1.82, 2.24) is 10.3 Å². The highest BCUT2D eigenvalue weighted by Crippen LogP contribution is 2.33. The van der Waals surface area contributed by atoms with Crippen LogP contribution < -0.4 is 10.2 Å². The van der Waals surface area contributed by atoms with Gasteiger partial charge in [0.2, 0.25) is 0 Å². The van der Waals surface area contributed by atoms with Crippen LogP contribution in [0.5, 0.6) is 0 Å². The molecule has 21 heavy (non-hydrogen) atoms. The first kappa shape index (κ1) is 16.8. The fourth-order valence-corrected chi connectivity index (χ4v) is 4.23.